The second-order valence-electron chi connectivity index (χ2n) is 0. The van der Waals surface area contributed by atoms with E-state index in [0.29, 0.717) is 0 Å². The van der Waals surface area contributed by atoms with E-state index in [2.05, 4.69) is 15.8 Å². The molecule has 0 aliphatic heterocycles. The van der Waals surface area contributed by atoms with Gasteiger partial charge in [0.1, 0.15) is 0 Å². The van der Waals surface area contributed by atoms with Gasteiger partial charge in [-0.15, -0.1) is 0 Å². The van der Waals surface area contributed by atoms with Gasteiger partial charge in [0.15, 0.2) is 0 Å². The Bertz CT molecular complexity index is 11.6. The van der Waals surface area contributed by atoms with Crippen molar-refractivity contribution in [3.63, 3.8) is 0 Å². The first-order chi connectivity index (χ1) is 1.00. The molecule has 5 heavy (non-hydrogen) atoms. The molecule has 33 valence electrons. The van der Waals surface area contributed by atoms with E-state index >= 15 is 0 Å². The Balaban J connectivity index is -0.00000000167. The molecule has 0 spiro atoms. The van der Waals surface area contributed by atoms with Crippen LogP contribution in [-0.4, -0.2) is 40.1 Å². The molecule has 0 unspecified atom stereocenters. The summed E-state index contributed by atoms with van der Waals surface area (Å²) in [4.78, 5) is 0. The van der Waals surface area contributed by atoms with E-state index < -0.39 is 0 Å². The SMILES string of the molecule is B[SeH].[Cr].[GeH4].[Mn]. The minimum atomic E-state index is 0. The van der Waals surface area contributed by atoms with Crippen LogP contribution in [0.15, 0.2) is 0 Å². The summed E-state index contributed by atoms with van der Waals surface area (Å²) in [5.74, 6) is 0. The summed E-state index contributed by atoms with van der Waals surface area (Å²) < 4.78 is 0. The molecule has 0 bridgehead atoms. The summed E-state index contributed by atoms with van der Waals surface area (Å²) in [7, 11) is 0. The smallest absolute Gasteiger partial charge is 0 e. The van der Waals surface area contributed by atoms with E-state index in [1.165, 1.54) is 0 Å². The summed E-state index contributed by atoms with van der Waals surface area (Å²) >= 11 is 2.31. The fraction of sp³-hybridized carbons (Fsp3) is 0. The van der Waals surface area contributed by atoms with Gasteiger partial charge < -0.3 is 0 Å². The number of hydrogen-bond acceptors (Lipinski definition) is 0. The Hall–Kier alpha value is 2.18. The molecule has 5 heteroatoms. The Morgan fingerprint density at radius 2 is 1.20 bits per heavy atom. The number of rotatable bonds is 0. The third-order valence-electron chi connectivity index (χ3n) is 0. The monoisotopic (exact) mass is 279 g/mol. The summed E-state index contributed by atoms with van der Waals surface area (Å²) in [5.41, 5.74) is 0. The molecule has 0 saturated heterocycles. The van der Waals surface area contributed by atoms with Gasteiger partial charge in [-0.2, -0.15) is 0 Å². The molecule has 0 aliphatic carbocycles. The van der Waals surface area contributed by atoms with Crippen molar-refractivity contribution in [2.24, 2.45) is 0 Å². The predicted molar refractivity (Wildman–Crippen MR) is 27.0 cm³/mol. The van der Waals surface area contributed by atoms with E-state index in [9.17, 15) is 0 Å². The first-order valence-electron chi connectivity index (χ1n) is 0.447. The maximum absolute atomic E-state index is 2.31. The first kappa shape index (κ1) is 27.1. The molecule has 0 aliphatic rings. The maximum atomic E-state index is 2.31. The van der Waals surface area contributed by atoms with E-state index in [1.807, 2.05) is 6.66 Å². The van der Waals surface area contributed by atoms with Crippen LogP contribution in [0.1, 0.15) is 0 Å². The molecular formula is H7BCrGeMnSe. The molecule has 0 fully saturated rings. The van der Waals surface area contributed by atoms with Crippen molar-refractivity contribution in [3.8, 4) is 0 Å². The molecule has 0 heterocycles. The van der Waals surface area contributed by atoms with E-state index in [-0.39, 0.29) is 52.0 Å². The molecule has 0 aromatic rings. The van der Waals surface area contributed by atoms with Crippen molar-refractivity contribution in [2.45, 2.75) is 0 Å². The van der Waals surface area contributed by atoms with Crippen molar-refractivity contribution in [1.29, 1.82) is 0 Å². The van der Waals surface area contributed by atoms with Crippen LogP contribution in [0.5, 0.6) is 0 Å². The Labute approximate surface area is 73.9 Å². The Morgan fingerprint density at radius 1 is 1.20 bits per heavy atom. The topological polar surface area (TPSA) is 0 Å². The largest absolute Gasteiger partial charge is 0 e. The summed E-state index contributed by atoms with van der Waals surface area (Å²) in [6.07, 6.45) is 0. The summed E-state index contributed by atoms with van der Waals surface area (Å²) in [5, 5.41) is 0. The molecule has 0 atom stereocenters. The normalized spacial score (nSPS) is 1.00. The van der Waals surface area contributed by atoms with E-state index in [0.717, 1.165) is 0 Å². The molecule has 0 N–H and O–H groups in total. The average Bonchev–Trinajstić information content (AvgIpc) is 1.00. The number of hydrogen-bond donors (Lipinski definition) is 0. The van der Waals surface area contributed by atoms with Gasteiger partial charge in [-0.3, -0.25) is 0 Å². The van der Waals surface area contributed by atoms with Crippen molar-refractivity contribution in [1.82, 2.24) is 0 Å². The van der Waals surface area contributed by atoms with E-state index in [1.54, 1.807) is 0 Å². The van der Waals surface area contributed by atoms with Crippen LogP contribution in [-0.2, 0) is 34.4 Å². The van der Waals surface area contributed by atoms with Gasteiger partial charge in [-0.1, -0.05) is 0 Å². The molecular weight excluding hydrogens is 269 g/mol. The van der Waals surface area contributed by atoms with Crippen LogP contribution >= 0.6 is 0 Å². The van der Waals surface area contributed by atoms with Crippen LogP contribution in [0.4, 0.5) is 0 Å². The van der Waals surface area contributed by atoms with Crippen molar-refractivity contribution >= 4 is 40.1 Å². The van der Waals surface area contributed by atoms with Crippen LogP contribution in [0.2, 0.25) is 0 Å². The maximum Gasteiger partial charge on any atom is 0 e. The zero-order valence-electron chi connectivity index (χ0n) is 2.23. The quantitative estimate of drug-likeness (QED) is 0.413. The van der Waals surface area contributed by atoms with Gasteiger partial charge in [0.2, 0.25) is 0 Å². The minimum absolute atomic E-state index is 0. The summed E-state index contributed by atoms with van der Waals surface area (Å²) in [6, 6.07) is 0. The van der Waals surface area contributed by atoms with Gasteiger partial charge in [-0.25, -0.2) is 0 Å². The zero-order chi connectivity index (χ0) is 2.00. The molecule has 0 amide bonds. The van der Waals surface area contributed by atoms with Crippen molar-refractivity contribution in [3.05, 3.63) is 0 Å². The zero-order valence-corrected chi connectivity index (χ0v) is 6.57. The molecule has 1 radical (unpaired) electrons. The van der Waals surface area contributed by atoms with Crippen LogP contribution < -0.4 is 0 Å². The van der Waals surface area contributed by atoms with Gasteiger partial charge >= 0.3 is 40.1 Å². The molecule has 0 aromatic carbocycles. The van der Waals surface area contributed by atoms with Crippen molar-refractivity contribution in [2.75, 3.05) is 0 Å². The van der Waals surface area contributed by atoms with E-state index in [4.69, 9.17) is 0 Å². The molecule has 0 rings (SSSR count). The predicted octanol–water partition coefficient (Wildman–Crippen LogP) is -3.02. The minimum Gasteiger partial charge on any atom is 0 e. The second-order valence-corrected chi connectivity index (χ2v) is 0. The standard InChI is InChI=1S/BH3Se.Cr.GeH4.Mn/c1-2;;;/h2H,1H2;;1H4;. The fourth-order valence-corrected chi connectivity index (χ4v) is 0. The molecule has 0 nitrogen and oxygen atoms in total. The average molecular weight is 276 g/mol. The van der Waals surface area contributed by atoms with Crippen LogP contribution in [0.25, 0.3) is 0 Å². The van der Waals surface area contributed by atoms with Crippen LogP contribution in [0, 0.1) is 0 Å². The molecule has 0 saturated carbocycles. The van der Waals surface area contributed by atoms with Gasteiger partial charge in [-0.05, 0) is 0 Å². The third kappa shape index (κ3) is 22.7. The third-order valence-corrected chi connectivity index (χ3v) is 0. The summed E-state index contributed by atoms with van der Waals surface area (Å²) in [6.45, 7) is 1.94. The van der Waals surface area contributed by atoms with Crippen LogP contribution in [0.3, 0.4) is 0 Å². The first-order valence-corrected chi connectivity index (χ1v) is 2.32. The van der Waals surface area contributed by atoms with Gasteiger partial charge in [0.05, 0.1) is 0 Å². The van der Waals surface area contributed by atoms with Crippen molar-refractivity contribution < 1.29 is 34.4 Å². The fourth-order valence-electron chi connectivity index (χ4n) is 0. The second kappa shape index (κ2) is 34.9. The Morgan fingerprint density at radius 3 is 1.20 bits per heavy atom. The molecule has 0 aromatic heterocycles. The van der Waals surface area contributed by atoms with Gasteiger partial charge in [0, 0.05) is 34.4 Å². The Kier molecular flexibility index (Phi) is 189. The van der Waals surface area contributed by atoms with Gasteiger partial charge in [0.25, 0.3) is 0 Å².